The van der Waals surface area contributed by atoms with Crippen molar-refractivity contribution in [2.45, 2.75) is 25.4 Å². The minimum Gasteiger partial charge on any atom is -0.357 e. The summed E-state index contributed by atoms with van der Waals surface area (Å²) in [6, 6.07) is 11.9. The summed E-state index contributed by atoms with van der Waals surface area (Å²) in [5.74, 6) is -0.0296. The van der Waals surface area contributed by atoms with Crippen molar-refractivity contribution in [1.29, 1.82) is 0 Å². The summed E-state index contributed by atoms with van der Waals surface area (Å²) in [6.45, 7) is 2.12. The Kier molecular flexibility index (Phi) is 5.59. The van der Waals surface area contributed by atoms with Gasteiger partial charge in [-0.1, -0.05) is 18.2 Å². The molecule has 2 N–H and O–H groups in total. The van der Waals surface area contributed by atoms with Gasteiger partial charge in [0, 0.05) is 39.1 Å². The van der Waals surface area contributed by atoms with Crippen LogP contribution in [0.25, 0.3) is 11.3 Å². The summed E-state index contributed by atoms with van der Waals surface area (Å²) < 4.78 is 4.79. The Morgan fingerprint density at radius 2 is 1.89 bits per heavy atom. The van der Waals surface area contributed by atoms with Crippen molar-refractivity contribution in [3.63, 3.8) is 0 Å². The molecule has 180 valence electrons. The Bertz CT molecular complexity index is 1470. The number of benzene rings is 1. The second kappa shape index (κ2) is 8.75. The predicted molar refractivity (Wildman–Crippen MR) is 130 cm³/mol. The number of nitrogens with one attached hydrogen (secondary N) is 2. The number of para-hydroxylation sites is 1. The molecule has 1 saturated heterocycles. The fraction of sp³-hybridized carbons (Fsp3) is 0.292. The minimum absolute atomic E-state index is 0.0873. The molecule has 0 bridgehead atoms. The van der Waals surface area contributed by atoms with Crippen LogP contribution in [0.15, 0.2) is 59.7 Å². The van der Waals surface area contributed by atoms with Gasteiger partial charge in [-0.25, -0.2) is 14.2 Å². The van der Waals surface area contributed by atoms with Gasteiger partial charge >= 0.3 is 0 Å². The number of nitrogens with zero attached hydrogens (tertiary/aromatic N) is 6. The normalized spacial score (nSPS) is 17.6. The van der Waals surface area contributed by atoms with E-state index in [1.165, 1.54) is 4.68 Å². The molecule has 11 nitrogen and oxygen atoms in total. The van der Waals surface area contributed by atoms with Crippen LogP contribution in [0.1, 0.15) is 22.5 Å². The highest BCUT2D eigenvalue weighted by molar-refractivity contribution is 5.95. The molecule has 0 saturated carbocycles. The molecule has 3 aromatic heterocycles. The van der Waals surface area contributed by atoms with Gasteiger partial charge in [0.25, 0.3) is 11.5 Å². The van der Waals surface area contributed by atoms with Crippen LogP contribution in [0.4, 0.5) is 5.82 Å². The molecule has 5 rings (SSSR count). The first kappa shape index (κ1) is 22.4. The summed E-state index contributed by atoms with van der Waals surface area (Å²) in [5, 5.41) is 10.2. The summed E-state index contributed by atoms with van der Waals surface area (Å²) in [6.07, 6.45) is 3.77. The van der Waals surface area contributed by atoms with Crippen LogP contribution in [0.2, 0.25) is 0 Å². The summed E-state index contributed by atoms with van der Waals surface area (Å²) in [5.41, 5.74) is 1.63. The quantitative estimate of drug-likeness (QED) is 0.439. The van der Waals surface area contributed by atoms with Gasteiger partial charge in [0.1, 0.15) is 17.4 Å². The monoisotopic (exact) mass is 474 g/mol. The zero-order valence-corrected chi connectivity index (χ0v) is 19.7. The number of amides is 2. The van der Waals surface area contributed by atoms with E-state index >= 15 is 0 Å². The fourth-order valence-corrected chi connectivity index (χ4v) is 4.65. The van der Waals surface area contributed by atoms with Gasteiger partial charge in [-0.05, 0) is 37.6 Å². The Hall–Kier alpha value is -4.41. The number of hydrogen-bond acceptors (Lipinski definition) is 6. The smallest absolute Gasteiger partial charge is 0.284 e. The van der Waals surface area contributed by atoms with E-state index in [4.69, 9.17) is 0 Å². The highest BCUT2D eigenvalue weighted by Gasteiger charge is 2.39. The summed E-state index contributed by atoms with van der Waals surface area (Å²) in [7, 11) is 3.33. The Morgan fingerprint density at radius 3 is 2.63 bits per heavy atom. The Balaban J connectivity index is 1.42. The van der Waals surface area contributed by atoms with Crippen LogP contribution in [0.3, 0.4) is 0 Å². The highest BCUT2D eigenvalue weighted by atomic mass is 16.2. The van der Waals surface area contributed by atoms with Crippen molar-refractivity contribution in [2.75, 3.05) is 18.5 Å². The predicted octanol–water partition coefficient (Wildman–Crippen LogP) is 0.650. The van der Waals surface area contributed by atoms with E-state index in [1.807, 2.05) is 47.4 Å². The molecule has 0 spiro atoms. The van der Waals surface area contributed by atoms with Gasteiger partial charge in [-0.3, -0.25) is 19.1 Å². The molecular formula is C24H26N8O3. The van der Waals surface area contributed by atoms with Crippen LogP contribution in [0, 0.1) is 6.92 Å². The molecule has 11 heteroatoms. The number of aromatic nitrogens is 5. The van der Waals surface area contributed by atoms with Gasteiger partial charge in [-0.15, -0.1) is 5.10 Å². The maximum Gasteiger partial charge on any atom is 0.284 e. The van der Waals surface area contributed by atoms with E-state index in [0.717, 1.165) is 0 Å². The number of hydrogen-bond donors (Lipinski definition) is 2. The number of carbonyl (C=O) groups excluding carboxylic acids is 2. The maximum atomic E-state index is 13.3. The van der Waals surface area contributed by atoms with Gasteiger partial charge in [-0.2, -0.15) is 0 Å². The summed E-state index contributed by atoms with van der Waals surface area (Å²) in [4.78, 5) is 45.2. The van der Waals surface area contributed by atoms with Crippen molar-refractivity contribution < 1.29 is 9.59 Å². The first-order valence-electron chi connectivity index (χ1n) is 11.3. The molecule has 0 unspecified atom stereocenters. The Labute approximate surface area is 201 Å². The molecular weight excluding hydrogens is 448 g/mol. The van der Waals surface area contributed by atoms with Crippen LogP contribution >= 0.6 is 0 Å². The van der Waals surface area contributed by atoms with Gasteiger partial charge in [0.05, 0.1) is 11.4 Å². The van der Waals surface area contributed by atoms with Gasteiger partial charge < -0.3 is 15.5 Å². The van der Waals surface area contributed by atoms with Crippen LogP contribution < -0.4 is 21.1 Å². The first-order valence-corrected chi connectivity index (χ1v) is 11.3. The molecule has 4 aromatic rings. The zero-order chi connectivity index (χ0) is 24.7. The van der Waals surface area contributed by atoms with Crippen LogP contribution in [-0.4, -0.2) is 61.5 Å². The average Bonchev–Trinajstić information content (AvgIpc) is 3.55. The largest absolute Gasteiger partial charge is 0.357 e. The molecule has 1 aromatic carbocycles. The van der Waals surface area contributed by atoms with Crippen molar-refractivity contribution in [2.24, 2.45) is 7.05 Å². The number of likely N-dealkylation sites (N-methyl/N-ethyl adjacent to an activating group) is 1. The van der Waals surface area contributed by atoms with E-state index in [-0.39, 0.29) is 17.5 Å². The molecule has 2 amide bonds. The average molecular weight is 475 g/mol. The van der Waals surface area contributed by atoms with Crippen molar-refractivity contribution in [3.05, 3.63) is 76.5 Å². The molecule has 4 heterocycles. The van der Waals surface area contributed by atoms with E-state index in [1.54, 1.807) is 42.6 Å². The highest BCUT2D eigenvalue weighted by Crippen LogP contribution is 2.25. The lowest BCUT2D eigenvalue weighted by molar-refractivity contribution is -0.121. The molecule has 2 atom stereocenters. The van der Waals surface area contributed by atoms with Crippen molar-refractivity contribution >= 4 is 23.3 Å². The molecule has 0 radical (unpaired) electrons. The lowest BCUT2D eigenvalue weighted by Crippen LogP contribution is -2.42. The van der Waals surface area contributed by atoms with E-state index in [9.17, 15) is 14.4 Å². The van der Waals surface area contributed by atoms with Gasteiger partial charge in [0.15, 0.2) is 5.65 Å². The molecule has 0 aliphatic carbocycles. The zero-order valence-electron chi connectivity index (χ0n) is 19.7. The molecule has 1 aliphatic rings. The van der Waals surface area contributed by atoms with E-state index in [0.29, 0.717) is 35.8 Å². The minimum atomic E-state index is -0.517. The number of rotatable bonds is 5. The summed E-state index contributed by atoms with van der Waals surface area (Å²) >= 11 is 0. The van der Waals surface area contributed by atoms with Crippen molar-refractivity contribution in [1.82, 2.24) is 34.6 Å². The lowest BCUT2D eigenvalue weighted by atomic mass is 10.1. The first-order chi connectivity index (χ1) is 16.9. The van der Waals surface area contributed by atoms with Crippen LogP contribution in [-0.2, 0) is 11.8 Å². The third-order valence-electron chi connectivity index (χ3n) is 6.50. The second-order valence-corrected chi connectivity index (χ2v) is 8.55. The van der Waals surface area contributed by atoms with E-state index < -0.39 is 17.5 Å². The fourth-order valence-electron chi connectivity index (χ4n) is 4.65. The number of carbonyl (C=O) groups is 2. The second-order valence-electron chi connectivity index (χ2n) is 8.55. The maximum absolute atomic E-state index is 13.3. The number of fused-ring (bicyclic) bond motifs is 1. The molecule has 35 heavy (non-hydrogen) atoms. The SMILES string of the molecule is CNC(=O)[C@H]1C[C@H](NC(=O)c2c(C)n(C)n(-c3ccccc3)c2=O)CN1c1ccc2nccn2n1. The van der Waals surface area contributed by atoms with Crippen LogP contribution in [0.5, 0.6) is 0 Å². The molecule has 1 aliphatic heterocycles. The van der Waals surface area contributed by atoms with E-state index in [2.05, 4.69) is 20.7 Å². The van der Waals surface area contributed by atoms with Crippen molar-refractivity contribution in [3.8, 4) is 5.69 Å². The topological polar surface area (TPSA) is 119 Å². The number of anilines is 1. The molecule has 1 fully saturated rings. The Morgan fingerprint density at radius 1 is 1.11 bits per heavy atom. The third kappa shape index (κ3) is 3.84. The standard InChI is InChI=1S/C24H26N8O3/c1-15-21(24(35)32(29(15)3)17-7-5-4-6-8-17)23(34)27-16-13-18(22(33)25-2)30(14-16)20-10-9-19-26-11-12-31(19)28-20/h4-12,16,18H,13-14H2,1-3H3,(H,25,33)(H,27,34)/t16-,18+/m0/s1. The van der Waals surface area contributed by atoms with Gasteiger partial charge in [0.2, 0.25) is 5.91 Å². The number of imidazole rings is 1. The lowest BCUT2D eigenvalue weighted by Gasteiger charge is -2.23. The third-order valence-corrected chi connectivity index (χ3v) is 6.50.